The van der Waals surface area contributed by atoms with Gasteiger partial charge in [-0.2, -0.15) is 0 Å². The molecule has 0 aliphatic carbocycles. The van der Waals surface area contributed by atoms with Crippen LogP contribution in [0.2, 0.25) is 0 Å². The van der Waals surface area contributed by atoms with E-state index in [4.69, 9.17) is 14.2 Å². The van der Waals surface area contributed by atoms with Crippen molar-refractivity contribution in [2.75, 3.05) is 0 Å². The Bertz CT molecular complexity index is 471. The Morgan fingerprint density at radius 3 is 2.65 bits per heavy atom. The highest BCUT2D eigenvalue weighted by molar-refractivity contribution is 5.57. The van der Waals surface area contributed by atoms with Gasteiger partial charge in [0.15, 0.2) is 12.1 Å². The molecule has 0 N–H and O–H groups in total. The van der Waals surface area contributed by atoms with Crippen LogP contribution in [-0.2, 0) is 25.4 Å². The van der Waals surface area contributed by atoms with E-state index < -0.39 is 18.2 Å². The van der Waals surface area contributed by atoms with Gasteiger partial charge in [-0.1, -0.05) is 30.3 Å². The third-order valence-electron chi connectivity index (χ3n) is 3.97. The summed E-state index contributed by atoms with van der Waals surface area (Å²) in [6.45, 7) is 3.75. The number of aldehydes is 1. The van der Waals surface area contributed by atoms with Crippen LogP contribution < -0.4 is 0 Å². The molecule has 20 heavy (non-hydrogen) atoms. The fourth-order valence-electron chi connectivity index (χ4n) is 3.03. The first-order chi connectivity index (χ1) is 9.59. The zero-order chi connectivity index (χ0) is 14.2. The number of carbonyl (C=O) groups excluding carboxylic acids is 1. The van der Waals surface area contributed by atoms with Crippen LogP contribution in [0.5, 0.6) is 0 Å². The number of hydrogen-bond acceptors (Lipinski definition) is 4. The number of hydrogen-bond donors (Lipinski definition) is 0. The summed E-state index contributed by atoms with van der Waals surface area (Å²) in [6, 6.07) is 10.2. The van der Waals surface area contributed by atoms with Crippen LogP contribution in [0.4, 0.5) is 0 Å². The summed E-state index contributed by atoms with van der Waals surface area (Å²) in [6.07, 6.45) is 1.64. The highest BCUT2D eigenvalue weighted by Gasteiger charge is 2.54. The third kappa shape index (κ3) is 2.64. The molecule has 2 fully saturated rings. The van der Waals surface area contributed by atoms with Gasteiger partial charge in [0.25, 0.3) is 0 Å². The van der Waals surface area contributed by atoms with E-state index in [2.05, 4.69) is 12.1 Å². The highest BCUT2D eigenvalue weighted by atomic mass is 16.8. The molecule has 1 aromatic carbocycles. The predicted octanol–water partition coefficient (Wildman–Crippen LogP) is 2.31. The summed E-state index contributed by atoms with van der Waals surface area (Å²) >= 11 is 0. The third-order valence-corrected chi connectivity index (χ3v) is 3.97. The minimum Gasteiger partial charge on any atom is -0.341 e. The van der Waals surface area contributed by atoms with Crippen molar-refractivity contribution in [2.45, 2.75) is 51.0 Å². The number of fused-ring (bicyclic) bond motifs is 1. The lowest BCUT2D eigenvalue weighted by atomic mass is 9.92. The molecule has 0 radical (unpaired) electrons. The second kappa shape index (κ2) is 5.28. The van der Waals surface area contributed by atoms with Crippen molar-refractivity contribution in [3.8, 4) is 0 Å². The Kier molecular flexibility index (Phi) is 3.63. The summed E-state index contributed by atoms with van der Waals surface area (Å²) in [5.74, 6) is -0.576. The monoisotopic (exact) mass is 276 g/mol. The van der Waals surface area contributed by atoms with Crippen molar-refractivity contribution in [1.29, 1.82) is 0 Å². The van der Waals surface area contributed by atoms with E-state index in [0.29, 0.717) is 0 Å². The van der Waals surface area contributed by atoms with E-state index in [-0.39, 0.29) is 12.0 Å². The molecule has 2 aliphatic rings. The Morgan fingerprint density at radius 2 is 1.95 bits per heavy atom. The molecule has 108 valence electrons. The van der Waals surface area contributed by atoms with Gasteiger partial charge in [-0.15, -0.1) is 0 Å². The van der Waals surface area contributed by atoms with Crippen molar-refractivity contribution in [1.82, 2.24) is 0 Å². The van der Waals surface area contributed by atoms with E-state index in [1.165, 1.54) is 5.56 Å². The molecule has 3 rings (SSSR count). The molecule has 0 aromatic heterocycles. The lowest BCUT2D eigenvalue weighted by Crippen LogP contribution is -2.31. The Hall–Kier alpha value is -1.23. The quantitative estimate of drug-likeness (QED) is 0.792. The predicted molar refractivity (Wildman–Crippen MR) is 73.0 cm³/mol. The summed E-state index contributed by atoms with van der Waals surface area (Å²) in [7, 11) is 0. The topological polar surface area (TPSA) is 44.8 Å². The number of aryl methyl sites for hydroxylation is 1. The maximum atomic E-state index is 11.2. The van der Waals surface area contributed by atoms with Crippen LogP contribution in [0.3, 0.4) is 0 Å². The van der Waals surface area contributed by atoms with Gasteiger partial charge < -0.3 is 19.0 Å². The number of ether oxygens (including phenoxy) is 3. The van der Waals surface area contributed by atoms with Crippen molar-refractivity contribution >= 4 is 6.29 Å². The first-order valence-corrected chi connectivity index (χ1v) is 7.09. The van der Waals surface area contributed by atoms with E-state index in [0.717, 1.165) is 19.1 Å². The molecule has 0 spiro atoms. The summed E-state index contributed by atoms with van der Waals surface area (Å²) in [4.78, 5) is 11.2. The van der Waals surface area contributed by atoms with Gasteiger partial charge in [-0.25, -0.2) is 0 Å². The smallest absolute Gasteiger partial charge is 0.188 e. The lowest BCUT2D eigenvalue weighted by Gasteiger charge is -2.23. The molecule has 0 saturated carbocycles. The number of benzene rings is 1. The normalized spacial score (nSPS) is 34.9. The van der Waals surface area contributed by atoms with Crippen LogP contribution in [0.1, 0.15) is 25.8 Å². The standard InChI is InChI=1S/C16H20O4/c1-16(2)19-14-12(13(10-17)18-15(14)20-16)9-8-11-6-4-3-5-7-11/h3-7,10,12-15H,8-9H2,1-2H3/t12-,13+,14+,15+/m0/s1. The van der Waals surface area contributed by atoms with Crippen LogP contribution in [0.15, 0.2) is 30.3 Å². The fourth-order valence-corrected chi connectivity index (χ4v) is 3.03. The molecule has 4 atom stereocenters. The molecule has 4 nitrogen and oxygen atoms in total. The molecular formula is C16H20O4. The van der Waals surface area contributed by atoms with Crippen molar-refractivity contribution in [2.24, 2.45) is 5.92 Å². The fraction of sp³-hybridized carbons (Fsp3) is 0.562. The summed E-state index contributed by atoms with van der Waals surface area (Å²) in [5.41, 5.74) is 1.26. The average molecular weight is 276 g/mol. The number of rotatable bonds is 4. The van der Waals surface area contributed by atoms with E-state index >= 15 is 0 Å². The maximum absolute atomic E-state index is 11.2. The Morgan fingerprint density at radius 1 is 1.20 bits per heavy atom. The molecule has 4 heteroatoms. The van der Waals surface area contributed by atoms with Crippen LogP contribution in [0.25, 0.3) is 0 Å². The second-order valence-corrected chi connectivity index (χ2v) is 5.89. The molecule has 0 unspecified atom stereocenters. The van der Waals surface area contributed by atoms with Gasteiger partial charge in [0.05, 0.1) is 0 Å². The van der Waals surface area contributed by atoms with Crippen molar-refractivity contribution in [3.63, 3.8) is 0 Å². The first kappa shape index (κ1) is 13.7. The molecule has 0 bridgehead atoms. The zero-order valence-electron chi connectivity index (χ0n) is 11.8. The minimum atomic E-state index is -0.631. The zero-order valence-corrected chi connectivity index (χ0v) is 11.8. The molecule has 2 aliphatic heterocycles. The van der Waals surface area contributed by atoms with Gasteiger partial charge in [0.1, 0.15) is 18.5 Å². The van der Waals surface area contributed by atoms with Crippen molar-refractivity contribution < 1.29 is 19.0 Å². The van der Waals surface area contributed by atoms with E-state index in [1.54, 1.807) is 0 Å². The van der Waals surface area contributed by atoms with Gasteiger partial charge in [0.2, 0.25) is 0 Å². The maximum Gasteiger partial charge on any atom is 0.188 e. The number of carbonyl (C=O) groups is 1. The van der Waals surface area contributed by atoms with Gasteiger partial charge >= 0.3 is 0 Å². The average Bonchev–Trinajstić information content (AvgIpc) is 2.89. The van der Waals surface area contributed by atoms with E-state index in [1.807, 2.05) is 32.0 Å². The molecular weight excluding hydrogens is 256 g/mol. The lowest BCUT2D eigenvalue weighted by molar-refractivity contribution is -0.208. The largest absolute Gasteiger partial charge is 0.341 e. The van der Waals surface area contributed by atoms with Gasteiger partial charge in [-0.05, 0) is 32.3 Å². The second-order valence-electron chi connectivity index (χ2n) is 5.89. The van der Waals surface area contributed by atoms with E-state index in [9.17, 15) is 4.79 Å². The molecule has 0 amide bonds. The highest BCUT2D eigenvalue weighted by Crippen LogP contribution is 2.41. The van der Waals surface area contributed by atoms with Crippen LogP contribution in [0, 0.1) is 5.92 Å². The summed E-state index contributed by atoms with van der Waals surface area (Å²) in [5, 5.41) is 0. The minimum absolute atomic E-state index is 0.0551. The van der Waals surface area contributed by atoms with Gasteiger partial charge in [-0.3, -0.25) is 0 Å². The van der Waals surface area contributed by atoms with Crippen LogP contribution in [-0.4, -0.2) is 30.6 Å². The molecule has 2 heterocycles. The summed E-state index contributed by atoms with van der Waals surface area (Å²) < 4.78 is 17.2. The Balaban J connectivity index is 1.68. The van der Waals surface area contributed by atoms with Gasteiger partial charge in [0, 0.05) is 5.92 Å². The Labute approximate surface area is 119 Å². The first-order valence-electron chi connectivity index (χ1n) is 7.09. The van der Waals surface area contributed by atoms with Crippen molar-refractivity contribution in [3.05, 3.63) is 35.9 Å². The molecule has 2 saturated heterocycles. The SMILES string of the molecule is CC1(C)O[C@H]2O[C@H](C=O)[C@H](CCc3ccccc3)[C@H]2O1. The van der Waals surface area contributed by atoms with Crippen LogP contribution >= 0.6 is 0 Å². The molecule has 1 aromatic rings.